The second kappa shape index (κ2) is 5.21. The molecule has 0 spiro atoms. The fourth-order valence-corrected chi connectivity index (χ4v) is 1.61. The molecule has 0 atom stereocenters. The van der Waals surface area contributed by atoms with Gasteiger partial charge in [-0.25, -0.2) is 5.48 Å². The zero-order chi connectivity index (χ0) is 9.68. The van der Waals surface area contributed by atoms with Crippen molar-refractivity contribution in [1.29, 1.82) is 0 Å². The SMILES string of the molecule is CCOc1c(Br)cccc1CNO. The fourth-order valence-electron chi connectivity index (χ4n) is 1.08. The fraction of sp³-hybridized carbons (Fsp3) is 0.333. The average molecular weight is 246 g/mol. The van der Waals surface area contributed by atoms with Crippen molar-refractivity contribution >= 4 is 15.9 Å². The minimum atomic E-state index is 0.384. The summed E-state index contributed by atoms with van der Waals surface area (Å²) < 4.78 is 6.33. The van der Waals surface area contributed by atoms with E-state index in [-0.39, 0.29) is 0 Å². The van der Waals surface area contributed by atoms with E-state index in [2.05, 4.69) is 21.4 Å². The molecule has 0 saturated carbocycles. The summed E-state index contributed by atoms with van der Waals surface area (Å²) in [5.41, 5.74) is 3.04. The highest BCUT2D eigenvalue weighted by Crippen LogP contribution is 2.28. The van der Waals surface area contributed by atoms with Crippen molar-refractivity contribution in [2.75, 3.05) is 6.61 Å². The van der Waals surface area contributed by atoms with E-state index in [4.69, 9.17) is 9.94 Å². The van der Waals surface area contributed by atoms with Crippen molar-refractivity contribution in [3.63, 3.8) is 0 Å². The van der Waals surface area contributed by atoms with Crippen LogP contribution in [0.1, 0.15) is 12.5 Å². The second-order valence-electron chi connectivity index (χ2n) is 2.50. The van der Waals surface area contributed by atoms with Crippen molar-refractivity contribution in [2.24, 2.45) is 0 Å². The van der Waals surface area contributed by atoms with Gasteiger partial charge in [-0.15, -0.1) is 0 Å². The smallest absolute Gasteiger partial charge is 0.138 e. The van der Waals surface area contributed by atoms with Crippen LogP contribution in [0, 0.1) is 0 Å². The standard InChI is InChI=1S/C9H12BrNO2/c1-2-13-9-7(6-11-12)4-3-5-8(9)10/h3-5,11-12H,2,6H2,1H3. The summed E-state index contributed by atoms with van der Waals surface area (Å²) in [6.07, 6.45) is 0. The number of nitrogens with one attached hydrogen (secondary N) is 1. The Kier molecular flexibility index (Phi) is 4.21. The van der Waals surface area contributed by atoms with E-state index in [1.807, 2.05) is 25.1 Å². The molecule has 1 aromatic carbocycles. The molecule has 0 aliphatic rings. The number of hydrogen-bond donors (Lipinski definition) is 2. The number of halogens is 1. The van der Waals surface area contributed by atoms with E-state index in [1.54, 1.807) is 0 Å². The molecular weight excluding hydrogens is 234 g/mol. The van der Waals surface area contributed by atoms with Gasteiger partial charge < -0.3 is 9.94 Å². The first kappa shape index (κ1) is 10.5. The minimum Gasteiger partial charge on any atom is -0.492 e. The highest BCUT2D eigenvalue weighted by molar-refractivity contribution is 9.10. The third kappa shape index (κ3) is 2.69. The molecule has 0 fully saturated rings. The predicted octanol–water partition coefficient (Wildman–Crippen LogP) is 2.33. The van der Waals surface area contributed by atoms with Gasteiger partial charge in [0.2, 0.25) is 0 Å². The van der Waals surface area contributed by atoms with Crippen LogP contribution in [-0.2, 0) is 6.54 Å². The van der Waals surface area contributed by atoms with E-state index in [0.29, 0.717) is 13.2 Å². The Balaban J connectivity index is 2.95. The normalized spacial score (nSPS) is 10.1. The molecule has 0 radical (unpaired) electrons. The lowest BCUT2D eigenvalue weighted by molar-refractivity contribution is 0.159. The van der Waals surface area contributed by atoms with Crippen LogP contribution in [0.15, 0.2) is 22.7 Å². The highest BCUT2D eigenvalue weighted by Gasteiger charge is 2.06. The molecule has 0 aliphatic heterocycles. The third-order valence-electron chi connectivity index (χ3n) is 1.61. The minimum absolute atomic E-state index is 0.384. The van der Waals surface area contributed by atoms with Gasteiger partial charge in [-0.2, -0.15) is 0 Å². The van der Waals surface area contributed by atoms with E-state index < -0.39 is 0 Å². The van der Waals surface area contributed by atoms with Crippen LogP contribution in [-0.4, -0.2) is 11.8 Å². The van der Waals surface area contributed by atoms with Crippen molar-refractivity contribution < 1.29 is 9.94 Å². The maximum atomic E-state index is 8.58. The van der Waals surface area contributed by atoms with E-state index >= 15 is 0 Å². The molecule has 0 saturated heterocycles. The maximum Gasteiger partial charge on any atom is 0.138 e. The third-order valence-corrected chi connectivity index (χ3v) is 2.23. The molecular formula is C9H12BrNO2. The lowest BCUT2D eigenvalue weighted by Gasteiger charge is -2.10. The van der Waals surface area contributed by atoms with Crippen LogP contribution >= 0.6 is 15.9 Å². The first-order valence-electron chi connectivity index (χ1n) is 4.06. The van der Waals surface area contributed by atoms with Crippen LogP contribution in [0.5, 0.6) is 5.75 Å². The van der Waals surface area contributed by atoms with Gasteiger partial charge in [-0.3, -0.25) is 0 Å². The molecule has 0 amide bonds. The Morgan fingerprint density at radius 1 is 1.54 bits per heavy atom. The van der Waals surface area contributed by atoms with Gasteiger partial charge in [-0.1, -0.05) is 12.1 Å². The van der Waals surface area contributed by atoms with E-state index in [9.17, 15) is 0 Å². The Bertz CT molecular complexity index is 278. The number of rotatable bonds is 4. The number of ether oxygens (including phenoxy) is 1. The van der Waals surface area contributed by atoms with Crippen molar-refractivity contribution in [2.45, 2.75) is 13.5 Å². The molecule has 0 heterocycles. The quantitative estimate of drug-likeness (QED) is 0.801. The second-order valence-corrected chi connectivity index (χ2v) is 3.35. The lowest BCUT2D eigenvalue weighted by Crippen LogP contribution is -2.08. The summed E-state index contributed by atoms with van der Waals surface area (Å²) in [7, 11) is 0. The number of hydroxylamine groups is 1. The first-order chi connectivity index (χ1) is 6.29. The summed E-state index contributed by atoms with van der Waals surface area (Å²) in [5.74, 6) is 0.784. The van der Waals surface area contributed by atoms with Crippen LogP contribution in [0.3, 0.4) is 0 Å². The molecule has 3 nitrogen and oxygen atoms in total. The zero-order valence-corrected chi connectivity index (χ0v) is 8.97. The van der Waals surface area contributed by atoms with Gasteiger partial charge >= 0.3 is 0 Å². The van der Waals surface area contributed by atoms with Crippen molar-refractivity contribution in [3.8, 4) is 5.75 Å². The molecule has 4 heteroatoms. The predicted molar refractivity (Wildman–Crippen MR) is 53.9 cm³/mol. The highest BCUT2D eigenvalue weighted by atomic mass is 79.9. The van der Waals surface area contributed by atoms with Crippen LogP contribution < -0.4 is 10.2 Å². The number of para-hydroxylation sites is 1. The molecule has 0 unspecified atom stereocenters. The Morgan fingerprint density at radius 2 is 2.31 bits per heavy atom. The average Bonchev–Trinajstić information content (AvgIpc) is 2.11. The molecule has 0 aliphatic carbocycles. The topological polar surface area (TPSA) is 41.5 Å². The maximum absolute atomic E-state index is 8.58. The van der Waals surface area contributed by atoms with Gasteiger partial charge in [0.15, 0.2) is 0 Å². The van der Waals surface area contributed by atoms with Crippen LogP contribution in [0.2, 0.25) is 0 Å². The lowest BCUT2D eigenvalue weighted by atomic mass is 10.2. The van der Waals surface area contributed by atoms with Gasteiger partial charge in [0.05, 0.1) is 11.1 Å². The monoisotopic (exact) mass is 245 g/mol. The summed E-state index contributed by atoms with van der Waals surface area (Å²) in [6.45, 7) is 2.92. The van der Waals surface area contributed by atoms with E-state index in [0.717, 1.165) is 15.8 Å². The summed E-state index contributed by atoms with van der Waals surface area (Å²) in [6, 6.07) is 5.71. The van der Waals surface area contributed by atoms with Crippen LogP contribution in [0.4, 0.5) is 0 Å². The van der Waals surface area contributed by atoms with Crippen molar-refractivity contribution in [1.82, 2.24) is 5.48 Å². The van der Waals surface area contributed by atoms with Crippen LogP contribution in [0.25, 0.3) is 0 Å². The van der Waals surface area contributed by atoms with Gasteiger partial charge in [0, 0.05) is 12.1 Å². The molecule has 72 valence electrons. The summed E-state index contributed by atoms with van der Waals surface area (Å²) in [4.78, 5) is 0. The summed E-state index contributed by atoms with van der Waals surface area (Å²) in [5, 5.41) is 8.58. The first-order valence-corrected chi connectivity index (χ1v) is 4.86. The summed E-state index contributed by atoms with van der Waals surface area (Å²) >= 11 is 3.38. The Hall–Kier alpha value is -0.580. The molecule has 13 heavy (non-hydrogen) atoms. The molecule has 0 bridgehead atoms. The Labute approximate surface area is 85.8 Å². The number of benzene rings is 1. The molecule has 1 rings (SSSR count). The Morgan fingerprint density at radius 3 is 2.92 bits per heavy atom. The van der Waals surface area contributed by atoms with E-state index in [1.165, 1.54) is 0 Å². The number of hydrogen-bond acceptors (Lipinski definition) is 3. The van der Waals surface area contributed by atoms with Crippen molar-refractivity contribution in [3.05, 3.63) is 28.2 Å². The molecule has 2 N–H and O–H groups in total. The molecule has 1 aromatic rings. The van der Waals surface area contributed by atoms with Gasteiger partial charge in [0.1, 0.15) is 5.75 Å². The largest absolute Gasteiger partial charge is 0.492 e. The van der Waals surface area contributed by atoms with Gasteiger partial charge in [-0.05, 0) is 28.9 Å². The molecule has 0 aromatic heterocycles. The zero-order valence-electron chi connectivity index (χ0n) is 7.38. The van der Waals surface area contributed by atoms with Gasteiger partial charge in [0.25, 0.3) is 0 Å².